The predicted octanol–water partition coefficient (Wildman–Crippen LogP) is 7.86. The molecule has 0 aromatic rings. The van der Waals surface area contributed by atoms with Crippen LogP contribution in [0, 0.1) is 52.3 Å². The van der Waals surface area contributed by atoms with Crippen molar-refractivity contribution < 1.29 is 5.11 Å². The maximum atomic E-state index is 10.7. The summed E-state index contributed by atoms with van der Waals surface area (Å²) in [5.41, 5.74) is 0.722. The van der Waals surface area contributed by atoms with Crippen LogP contribution in [0.3, 0.4) is 0 Å². The Hall–Kier alpha value is -0.0400. The number of rotatable bonds is 5. The fourth-order valence-electron chi connectivity index (χ4n) is 9.46. The zero-order valence-electron chi connectivity index (χ0n) is 20.5. The Morgan fingerprint density at radius 3 is 2.24 bits per heavy atom. The summed E-state index contributed by atoms with van der Waals surface area (Å²) in [7, 11) is 0. The monoisotopic (exact) mass is 402 g/mol. The molecule has 1 nitrogen and oxygen atoms in total. The van der Waals surface area contributed by atoms with Gasteiger partial charge in [0, 0.05) is 0 Å². The van der Waals surface area contributed by atoms with E-state index in [0.717, 1.165) is 54.3 Å². The SMILES string of the molecule is CC(C)CCCC(C)C1CCC2C3CCC4CC(C)(O)CCC4(C)C3CCC12C. The maximum absolute atomic E-state index is 10.7. The van der Waals surface area contributed by atoms with Crippen molar-refractivity contribution in [2.24, 2.45) is 52.3 Å². The molecule has 0 radical (unpaired) electrons. The molecule has 0 amide bonds. The standard InChI is InChI=1S/C28H50O/c1-19(2)8-7-9-20(3)23-12-13-24-22-11-10-21-18-26(4,29)16-17-27(21,5)25(22)14-15-28(23,24)6/h19-25,29H,7-18H2,1-6H3. The molecule has 168 valence electrons. The van der Waals surface area contributed by atoms with Crippen molar-refractivity contribution in [3.63, 3.8) is 0 Å². The molecule has 0 saturated heterocycles. The molecule has 1 N–H and O–H groups in total. The van der Waals surface area contributed by atoms with Crippen LogP contribution in [-0.4, -0.2) is 10.7 Å². The molecule has 0 spiro atoms. The zero-order valence-corrected chi connectivity index (χ0v) is 20.5. The van der Waals surface area contributed by atoms with E-state index in [1.54, 1.807) is 0 Å². The molecule has 4 rings (SSSR count). The average molecular weight is 403 g/mol. The summed E-state index contributed by atoms with van der Waals surface area (Å²) in [4.78, 5) is 0. The van der Waals surface area contributed by atoms with Crippen LogP contribution in [0.4, 0.5) is 0 Å². The summed E-state index contributed by atoms with van der Waals surface area (Å²) in [6.07, 6.45) is 16.5. The predicted molar refractivity (Wildman–Crippen MR) is 124 cm³/mol. The molecule has 0 bridgehead atoms. The van der Waals surface area contributed by atoms with Gasteiger partial charge in [-0.2, -0.15) is 0 Å². The van der Waals surface area contributed by atoms with Gasteiger partial charge in [0.2, 0.25) is 0 Å². The van der Waals surface area contributed by atoms with Crippen LogP contribution in [0.5, 0.6) is 0 Å². The fraction of sp³-hybridized carbons (Fsp3) is 1.00. The molecular weight excluding hydrogens is 352 g/mol. The second kappa shape index (κ2) is 7.83. The zero-order chi connectivity index (χ0) is 21.0. The van der Waals surface area contributed by atoms with Crippen LogP contribution in [0.1, 0.15) is 119 Å². The van der Waals surface area contributed by atoms with Crippen molar-refractivity contribution in [2.45, 2.75) is 124 Å². The third kappa shape index (κ3) is 3.85. The van der Waals surface area contributed by atoms with E-state index in [9.17, 15) is 5.11 Å². The lowest BCUT2D eigenvalue weighted by Gasteiger charge is -2.62. The Morgan fingerprint density at radius 2 is 1.52 bits per heavy atom. The van der Waals surface area contributed by atoms with Gasteiger partial charge in [-0.05, 0) is 117 Å². The van der Waals surface area contributed by atoms with E-state index in [0.29, 0.717) is 10.8 Å². The van der Waals surface area contributed by atoms with Gasteiger partial charge in [0.05, 0.1) is 5.60 Å². The Balaban J connectivity index is 1.46. The third-order valence-electron chi connectivity index (χ3n) is 11.2. The van der Waals surface area contributed by atoms with E-state index in [2.05, 4.69) is 41.5 Å². The van der Waals surface area contributed by atoms with E-state index >= 15 is 0 Å². The van der Waals surface area contributed by atoms with Gasteiger partial charge in [-0.1, -0.05) is 53.9 Å². The minimum atomic E-state index is -0.399. The molecule has 0 aromatic heterocycles. The molecule has 0 aromatic carbocycles. The van der Waals surface area contributed by atoms with Crippen molar-refractivity contribution in [2.75, 3.05) is 0 Å². The van der Waals surface area contributed by atoms with E-state index in [4.69, 9.17) is 0 Å². The van der Waals surface area contributed by atoms with Crippen molar-refractivity contribution >= 4 is 0 Å². The van der Waals surface area contributed by atoms with Gasteiger partial charge in [-0.25, -0.2) is 0 Å². The molecular formula is C28H50O. The Labute approximate surface area is 181 Å². The molecule has 1 heteroatoms. The highest BCUT2D eigenvalue weighted by atomic mass is 16.3. The van der Waals surface area contributed by atoms with Crippen LogP contribution in [0.15, 0.2) is 0 Å². The van der Waals surface area contributed by atoms with Crippen LogP contribution in [0.2, 0.25) is 0 Å². The van der Waals surface area contributed by atoms with E-state index in [1.165, 1.54) is 64.2 Å². The summed E-state index contributed by atoms with van der Waals surface area (Å²) in [5, 5.41) is 10.7. The van der Waals surface area contributed by atoms with Crippen LogP contribution >= 0.6 is 0 Å². The highest BCUT2D eigenvalue weighted by Gasteiger charge is 2.61. The third-order valence-corrected chi connectivity index (χ3v) is 11.2. The van der Waals surface area contributed by atoms with Crippen LogP contribution < -0.4 is 0 Å². The smallest absolute Gasteiger partial charge is 0.0622 e. The van der Waals surface area contributed by atoms with E-state index < -0.39 is 5.60 Å². The molecule has 4 aliphatic carbocycles. The molecule has 0 aliphatic heterocycles. The lowest BCUT2D eigenvalue weighted by atomic mass is 9.43. The molecule has 29 heavy (non-hydrogen) atoms. The second-order valence-corrected chi connectivity index (χ2v) is 13.4. The van der Waals surface area contributed by atoms with Crippen molar-refractivity contribution in [3.05, 3.63) is 0 Å². The number of fused-ring (bicyclic) bond motifs is 5. The van der Waals surface area contributed by atoms with Gasteiger partial charge in [0.1, 0.15) is 0 Å². The first kappa shape index (κ1) is 22.2. The van der Waals surface area contributed by atoms with Crippen molar-refractivity contribution in [1.82, 2.24) is 0 Å². The van der Waals surface area contributed by atoms with Crippen molar-refractivity contribution in [1.29, 1.82) is 0 Å². The van der Waals surface area contributed by atoms with Gasteiger partial charge in [0.15, 0.2) is 0 Å². The van der Waals surface area contributed by atoms with Gasteiger partial charge >= 0.3 is 0 Å². The van der Waals surface area contributed by atoms with E-state index in [-0.39, 0.29) is 0 Å². The Morgan fingerprint density at radius 1 is 0.793 bits per heavy atom. The van der Waals surface area contributed by atoms with Crippen LogP contribution in [0.25, 0.3) is 0 Å². The second-order valence-electron chi connectivity index (χ2n) is 13.4. The normalized spacial score (nSPS) is 50.7. The summed E-state index contributed by atoms with van der Waals surface area (Å²) in [6.45, 7) is 14.8. The van der Waals surface area contributed by atoms with E-state index in [1.807, 2.05) is 0 Å². The Bertz CT molecular complexity index is 579. The number of aliphatic hydroxyl groups is 1. The molecule has 4 aliphatic rings. The summed E-state index contributed by atoms with van der Waals surface area (Å²) < 4.78 is 0. The largest absolute Gasteiger partial charge is 0.390 e. The van der Waals surface area contributed by atoms with Gasteiger partial charge in [-0.3, -0.25) is 0 Å². The Kier molecular flexibility index (Phi) is 5.98. The summed E-state index contributed by atoms with van der Waals surface area (Å²) in [6, 6.07) is 0. The first-order valence-corrected chi connectivity index (χ1v) is 13.3. The topological polar surface area (TPSA) is 20.2 Å². The van der Waals surface area contributed by atoms with Gasteiger partial charge in [0.25, 0.3) is 0 Å². The van der Waals surface area contributed by atoms with Crippen LogP contribution in [-0.2, 0) is 0 Å². The van der Waals surface area contributed by atoms with Gasteiger partial charge < -0.3 is 5.11 Å². The molecule has 9 unspecified atom stereocenters. The van der Waals surface area contributed by atoms with Gasteiger partial charge in [-0.15, -0.1) is 0 Å². The summed E-state index contributed by atoms with van der Waals surface area (Å²) >= 11 is 0. The molecule has 0 heterocycles. The first-order chi connectivity index (χ1) is 13.6. The minimum Gasteiger partial charge on any atom is -0.390 e. The number of hydrogen-bond donors (Lipinski definition) is 1. The lowest BCUT2D eigenvalue weighted by Crippen LogP contribution is -2.55. The minimum absolute atomic E-state index is 0.399. The molecule has 4 saturated carbocycles. The molecule has 4 fully saturated rings. The average Bonchev–Trinajstić information content (AvgIpc) is 2.99. The maximum Gasteiger partial charge on any atom is 0.0622 e. The highest BCUT2D eigenvalue weighted by molar-refractivity contribution is 5.10. The number of hydrogen-bond acceptors (Lipinski definition) is 1. The fourth-order valence-corrected chi connectivity index (χ4v) is 9.46. The highest BCUT2D eigenvalue weighted by Crippen LogP contribution is 2.68. The summed E-state index contributed by atoms with van der Waals surface area (Å²) in [5.74, 6) is 6.41. The molecule has 9 atom stereocenters. The quantitative estimate of drug-likeness (QED) is 0.496. The lowest BCUT2D eigenvalue weighted by molar-refractivity contribution is -0.148. The first-order valence-electron chi connectivity index (χ1n) is 13.3. The van der Waals surface area contributed by atoms with Crippen molar-refractivity contribution in [3.8, 4) is 0 Å².